The molecule has 4 aromatic carbocycles. The molecule has 16 nitrogen and oxygen atoms in total. The van der Waals surface area contributed by atoms with Gasteiger partial charge in [-0.3, -0.25) is 9.59 Å². The quantitative estimate of drug-likeness (QED) is 0.0972. The maximum Gasteiger partial charge on any atom is 0.407 e. The molecule has 366 valence electrons. The summed E-state index contributed by atoms with van der Waals surface area (Å²) in [6, 6.07) is 22.9. The highest BCUT2D eigenvalue weighted by Gasteiger charge is 2.43. The molecule has 4 aliphatic heterocycles. The molecule has 3 fully saturated rings. The number of imidazole rings is 2. The van der Waals surface area contributed by atoms with E-state index in [0.717, 1.165) is 69.1 Å². The molecule has 71 heavy (non-hydrogen) atoms. The van der Waals surface area contributed by atoms with Crippen LogP contribution in [0.5, 0.6) is 11.5 Å². The predicted molar refractivity (Wildman–Crippen MR) is 263 cm³/mol. The van der Waals surface area contributed by atoms with Crippen molar-refractivity contribution in [3.8, 4) is 45.1 Å². The van der Waals surface area contributed by atoms with E-state index in [-0.39, 0.29) is 36.0 Å². The highest BCUT2D eigenvalue weighted by molar-refractivity contribution is 5.90. The number of nitrogens with zero attached hydrogens (tertiary/aromatic N) is 4. The predicted octanol–water partition coefficient (Wildman–Crippen LogP) is 9.87. The van der Waals surface area contributed by atoms with Gasteiger partial charge in [-0.1, -0.05) is 67.4 Å². The molecule has 5 aliphatic rings. The van der Waals surface area contributed by atoms with Crippen LogP contribution in [-0.4, -0.2) is 80.0 Å². The Morgan fingerprint density at radius 1 is 0.620 bits per heavy atom. The van der Waals surface area contributed by atoms with Crippen molar-refractivity contribution in [3.63, 3.8) is 0 Å². The van der Waals surface area contributed by atoms with Gasteiger partial charge in [-0.25, -0.2) is 19.6 Å². The summed E-state index contributed by atoms with van der Waals surface area (Å²) in [5.41, 5.74) is 9.93. The summed E-state index contributed by atoms with van der Waals surface area (Å²) in [7, 11) is 2.59. The van der Waals surface area contributed by atoms with E-state index in [9.17, 15) is 19.2 Å². The van der Waals surface area contributed by atoms with Crippen LogP contribution in [0.1, 0.15) is 135 Å². The molecule has 0 unspecified atom stereocenters. The Labute approximate surface area is 411 Å². The number of hydrogen-bond donors (Lipinski definition) is 4. The zero-order chi connectivity index (χ0) is 48.9. The number of H-pyrrole nitrogens is 2. The van der Waals surface area contributed by atoms with Crippen LogP contribution in [0.4, 0.5) is 9.59 Å². The Balaban J connectivity index is 0.826. The Morgan fingerprint density at radius 3 is 1.55 bits per heavy atom. The molecule has 6 atom stereocenters. The van der Waals surface area contributed by atoms with Crippen molar-refractivity contribution < 1.29 is 38.1 Å². The Morgan fingerprint density at radius 2 is 1.08 bits per heavy atom. The van der Waals surface area contributed by atoms with E-state index in [2.05, 4.69) is 44.9 Å². The maximum absolute atomic E-state index is 14.6. The summed E-state index contributed by atoms with van der Waals surface area (Å²) >= 11 is 0. The van der Waals surface area contributed by atoms with E-state index >= 15 is 0 Å². The van der Waals surface area contributed by atoms with E-state index in [1.807, 2.05) is 78.2 Å². The second-order valence-electron chi connectivity index (χ2n) is 19.5. The van der Waals surface area contributed by atoms with Crippen molar-refractivity contribution in [3.05, 3.63) is 131 Å². The van der Waals surface area contributed by atoms with Gasteiger partial charge < -0.3 is 49.3 Å². The normalized spacial score (nSPS) is 20.9. The number of amides is 4. The first-order valence-corrected chi connectivity index (χ1v) is 24.7. The average Bonchev–Trinajstić information content (AvgIpc) is 4.28. The Bertz CT molecular complexity index is 2950. The van der Waals surface area contributed by atoms with Crippen LogP contribution in [0.2, 0.25) is 0 Å². The number of hydrogen-bond acceptors (Lipinski definition) is 10. The molecule has 11 rings (SSSR count). The summed E-state index contributed by atoms with van der Waals surface area (Å²) in [5.74, 6) is 2.92. The number of ether oxygens (including phenoxy) is 4. The van der Waals surface area contributed by atoms with Crippen LogP contribution >= 0.6 is 0 Å². The first-order valence-electron chi connectivity index (χ1n) is 24.7. The number of nitrogens with one attached hydrogen (secondary N) is 4. The minimum Gasteiger partial charge on any atom is -0.488 e. The molecule has 1 aliphatic carbocycles. The number of aromatic amines is 2. The number of methoxy groups -OCH3 is 2. The topological polar surface area (TPSA) is 193 Å². The van der Waals surface area contributed by atoms with Crippen LogP contribution in [0.25, 0.3) is 33.6 Å². The van der Waals surface area contributed by atoms with E-state index in [1.165, 1.54) is 45.5 Å². The van der Waals surface area contributed by atoms with Gasteiger partial charge in [-0.2, -0.15) is 0 Å². The minimum atomic E-state index is -0.927. The van der Waals surface area contributed by atoms with Gasteiger partial charge in [0.2, 0.25) is 0 Å². The Kier molecular flexibility index (Phi) is 12.2. The number of carbonyl (C=O) groups is 4. The summed E-state index contributed by atoms with van der Waals surface area (Å²) in [4.78, 5) is 74.4. The fourth-order valence-corrected chi connectivity index (χ4v) is 11.6. The fraction of sp³-hybridized carbons (Fsp3) is 0.382. The summed E-state index contributed by atoms with van der Waals surface area (Å²) in [5, 5.41) is 5.58. The van der Waals surface area contributed by atoms with Crippen LogP contribution in [-0.2, 0) is 32.3 Å². The first-order chi connectivity index (χ1) is 34.6. The number of rotatable bonds is 11. The highest BCUT2D eigenvalue weighted by atomic mass is 16.5. The van der Waals surface area contributed by atoms with Gasteiger partial charge in [-0.15, -0.1) is 0 Å². The SMILES string of the molecule is COC(=O)N[C@@H](C(=O)N1[C@@H](C)CC[C@H]1c1ncc(-c2cc3c4c(c2)OCc2cc(-c5cnc([C@@H]6CC[C@H](C)N6C(=O)[C@H](NC(=O)OC)c6ccc(C7CCCC7)cc6)[nH]5)cc(c2-4)OC3)[nH]1)c1ccccc1. The number of alkyl carbamates (subject to hydrolysis) is 2. The van der Waals surface area contributed by atoms with Gasteiger partial charge in [0.05, 0.1) is 50.1 Å². The molecule has 6 aromatic rings. The van der Waals surface area contributed by atoms with Crippen molar-refractivity contribution in [1.29, 1.82) is 0 Å². The van der Waals surface area contributed by atoms with Crippen LogP contribution in [0.3, 0.4) is 0 Å². The molecule has 0 spiro atoms. The van der Waals surface area contributed by atoms with Crippen molar-refractivity contribution >= 4 is 24.0 Å². The average molecular weight is 959 g/mol. The van der Waals surface area contributed by atoms with E-state index in [1.54, 1.807) is 12.4 Å². The first kappa shape index (κ1) is 45.8. The largest absolute Gasteiger partial charge is 0.488 e. The van der Waals surface area contributed by atoms with Gasteiger partial charge in [0.25, 0.3) is 11.8 Å². The lowest BCUT2D eigenvalue weighted by molar-refractivity contribution is -0.137. The standard InChI is InChI=1S/C55H58N8O8/c1-30-14-20-42(62(30)52(64)48(60-54(66)68-3)34-12-6-5-7-13-34)50-56-26-40(58-50)36-22-38-28-71-45-25-37(23-39-29-70-44(24-36)46(38)47(39)45)41-27-57-51(59-41)43-21-15-31(2)63(43)53(65)49(61-55(67)69-4)35-18-16-33(17-19-35)32-10-8-9-11-32/h5-7,12-13,16-19,22-27,30-32,42-43,48-49H,8-11,14-15,20-21,28-29H2,1-4H3,(H,56,58)(H,57,59)(H,60,66)(H,61,67)/t30-,31-,42-,43-,48+,49+/m0/s1. The third-order valence-corrected chi connectivity index (χ3v) is 15.3. The minimum absolute atomic E-state index is 0.0845. The molecule has 4 amide bonds. The molecule has 2 saturated heterocycles. The molecule has 1 saturated carbocycles. The van der Waals surface area contributed by atoms with Crippen LogP contribution < -0.4 is 20.1 Å². The van der Waals surface area contributed by atoms with Crippen molar-refractivity contribution in [1.82, 2.24) is 40.4 Å². The molecule has 16 heteroatoms. The van der Waals surface area contributed by atoms with Crippen molar-refractivity contribution in [2.45, 2.75) is 121 Å². The lowest BCUT2D eigenvalue weighted by atomic mass is 9.87. The number of likely N-dealkylation sites (tertiary alicyclic amines) is 2. The zero-order valence-electron chi connectivity index (χ0n) is 40.3. The van der Waals surface area contributed by atoms with Crippen molar-refractivity contribution in [2.75, 3.05) is 14.2 Å². The number of aromatic nitrogens is 4. The fourth-order valence-electron chi connectivity index (χ4n) is 11.6. The summed E-state index contributed by atoms with van der Waals surface area (Å²) in [6.07, 6.45) is 10.0. The monoisotopic (exact) mass is 958 g/mol. The highest BCUT2D eigenvalue weighted by Crippen LogP contribution is 2.51. The molecule has 2 aromatic heterocycles. The third-order valence-electron chi connectivity index (χ3n) is 15.3. The second-order valence-corrected chi connectivity index (χ2v) is 19.5. The Hall–Kier alpha value is -7.62. The summed E-state index contributed by atoms with van der Waals surface area (Å²) < 4.78 is 22.9. The van der Waals surface area contributed by atoms with Gasteiger partial charge in [0, 0.05) is 45.5 Å². The molecular formula is C55H58N8O8. The molecule has 0 bridgehead atoms. The van der Waals surface area contributed by atoms with Gasteiger partial charge in [0.15, 0.2) is 0 Å². The van der Waals surface area contributed by atoms with Gasteiger partial charge in [0.1, 0.15) is 48.4 Å². The van der Waals surface area contributed by atoms with E-state index in [4.69, 9.17) is 28.9 Å². The molecule has 4 N–H and O–H groups in total. The van der Waals surface area contributed by atoms with Gasteiger partial charge >= 0.3 is 12.2 Å². The lowest BCUT2D eigenvalue weighted by Gasteiger charge is -2.32. The molecule has 6 heterocycles. The van der Waals surface area contributed by atoms with Crippen LogP contribution in [0, 0.1) is 0 Å². The van der Waals surface area contributed by atoms with Crippen molar-refractivity contribution in [2.24, 2.45) is 0 Å². The number of carbonyl (C=O) groups excluding carboxylic acids is 4. The van der Waals surface area contributed by atoms with Gasteiger partial charge in [-0.05, 0) is 99.2 Å². The van der Waals surface area contributed by atoms with E-state index in [0.29, 0.717) is 54.7 Å². The third kappa shape index (κ3) is 8.52. The second kappa shape index (κ2) is 18.9. The zero-order valence-corrected chi connectivity index (χ0v) is 40.3. The van der Waals surface area contributed by atoms with Crippen LogP contribution in [0.15, 0.2) is 91.3 Å². The molecule has 0 radical (unpaired) electrons. The smallest absolute Gasteiger partial charge is 0.407 e. The molecular weight excluding hydrogens is 901 g/mol. The maximum atomic E-state index is 14.6. The number of benzene rings is 4. The summed E-state index contributed by atoms with van der Waals surface area (Å²) in [6.45, 7) is 4.70. The van der Waals surface area contributed by atoms with E-state index < -0.39 is 24.3 Å². The lowest BCUT2D eigenvalue weighted by Crippen LogP contribution is -2.45.